The molecule has 1 aromatic heterocycles. The predicted molar refractivity (Wildman–Crippen MR) is 83.2 cm³/mol. The number of hydrogen-bond acceptors (Lipinski definition) is 2. The van der Waals surface area contributed by atoms with Crippen LogP contribution < -0.4 is 0 Å². The van der Waals surface area contributed by atoms with Crippen molar-refractivity contribution < 1.29 is 9.90 Å². The maximum absolute atomic E-state index is 12.3. The second-order valence-electron chi connectivity index (χ2n) is 5.93. The third kappa shape index (κ3) is 2.81. The van der Waals surface area contributed by atoms with Gasteiger partial charge in [-0.25, -0.2) is 0 Å². The Morgan fingerprint density at radius 3 is 3.14 bits per heavy atom. The Labute approximate surface area is 124 Å². The standard InChI is InChI=1S/C17H22N2O2/c1-12-4-6-16-15(9-12)13(10-18-16)5-7-17(21)19-8-2-3-14(19)11-20/h4,6,9-10,14,18,20H,2-3,5,7-8,11H2,1H3. The van der Waals surface area contributed by atoms with Crippen molar-refractivity contribution in [1.29, 1.82) is 0 Å². The van der Waals surface area contributed by atoms with E-state index in [1.807, 2.05) is 11.1 Å². The summed E-state index contributed by atoms with van der Waals surface area (Å²) in [5.41, 5.74) is 3.55. The number of aliphatic hydroxyl groups excluding tert-OH is 1. The van der Waals surface area contributed by atoms with Crippen molar-refractivity contribution in [2.75, 3.05) is 13.2 Å². The van der Waals surface area contributed by atoms with Gasteiger partial charge >= 0.3 is 0 Å². The van der Waals surface area contributed by atoms with Crippen LogP contribution in [0.2, 0.25) is 0 Å². The third-order valence-corrected chi connectivity index (χ3v) is 4.44. The second-order valence-corrected chi connectivity index (χ2v) is 5.93. The highest BCUT2D eigenvalue weighted by atomic mass is 16.3. The van der Waals surface area contributed by atoms with Gasteiger partial charge in [-0.1, -0.05) is 11.6 Å². The highest BCUT2D eigenvalue weighted by Crippen LogP contribution is 2.22. The van der Waals surface area contributed by atoms with E-state index >= 15 is 0 Å². The lowest BCUT2D eigenvalue weighted by molar-refractivity contribution is -0.132. The van der Waals surface area contributed by atoms with Gasteiger partial charge in [-0.05, 0) is 43.9 Å². The largest absolute Gasteiger partial charge is 0.394 e. The van der Waals surface area contributed by atoms with Crippen LogP contribution in [0.25, 0.3) is 10.9 Å². The number of hydrogen-bond donors (Lipinski definition) is 2. The average Bonchev–Trinajstić information content (AvgIpc) is 3.11. The van der Waals surface area contributed by atoms with E-state index in [0.717, 1.165) is 31.3 Å². The molecule has 4 nitrogen and oxygen atoms in total. The number of fused-ring (bicyclic) bond motifs is 1. The summed E-state index contributed by atoms with van der Waals surface area (Å²) in [6.07, 6.45) is 5.19. The molecule has 2 aromatic rings. The molecule has 112 valence electrons. The highest BCUT2D eigenvalue weighted by molar-refractivity contribution is 5.85. The summed E-state index contributed by atoms with van der Waals surface area (Å²) in [5.74, 6) is 0.161. The topological polar surface area (TPSA) is 56.3 Å². The Morgan fingerprint density at radius 2 is 2.33 bits per heavy atom. The van der Waals surface area contributed by atoms with Crippen molar-refractivity contribution in [3.8, 4) is 0 Å². The summed E-state index contributed by atoms with van der Waals surface area (Å²) in [6.45, 7) is 2.95. The van der Waals surface area contributed by atoms with E-state index in [0.29, 0.717) is 6.42 Å². The van der Waals surface area contributed by atoms with Crippen molar-refractivity contribution in [2.24, 2.45) is 0 Å². The molecule has 0 aliphatic carbocycles. The zero-order valence-corrected chi connectivity index (χ0v) is 12.4. The van der Waals surface area contributed by atoms with Gasteiger partial charge in [0, 0.05) is 30.1 Å². The molecule has 2 N–H and O–H groups in total. The normalized spacial score (nSPS) is 18.6. The zero-order chi connectivity index (χ0) is 14.8. The van der Waals surface area contributed by atoms with E-state index < -0.39 is 0 Å². The molecule has 0 spiro atoms. The van der Waals surface area contributed by atoms with Gasteiger partial charge in [0.05, 0.1) is 12.6 Å². The number of likely N-dealkylation sites (tertiary alicyclic amines) is 1. The minimum absolute atomic E-state index is 0.0303. The highest BCUT2D eigenvalue weighted by Gasteiger charge is 2.27. The number of rotatable bonds is 4. The van der Waals surface area contributed by atoms with Crippen molar-refractivity contribution in [3.63, 3.8) is 0 Å². The van der Waals surface area contributed by atoms with Gasteiger partial charge in [-0.2, -0.15) is 0 Å². The Kier molecular flexibility index (Phi) is 3.97. The average molecular weight is 286 g/mol. The van der Waals surface area contributed by atoms with Gasteiger partial charge in [0.2, 0.25) is 5.91 Å². The summed E-state index contributed by atoms with van der Waals surface area (Å²) >= 11 is 0. The number of H-pyrrole nitrogens is 1. The van der Waals surface area contributed by atoms with E-state index in [9.17, 15) is 9.90 Å². The number of aromatic amines is 1. The van der Waals surface area contributed by atoms with E-state index in [1.54, 1.807) is 0 Å². The van der Waals surface area contributed by atoms with Crippen LogP contribution >= 0.6 is 0 Å². The molecule has 3 rings (SSSR count). The monoisotopic (exact) mass is 286 g/mol. The SMILES string of the molecule is Cc1ccc2[nH]cc(CCC(=O)N3CCCC3CO)c2c1. The first-order valence-electron chi connectivity index (χ1n) is 7.66. The lowest BCUT2D eigenvalue weighted by Gasteiger charge is -2.22. The number of nitrogens with zero attached hydrogens (tertiary/aromatic N) is 1. The van der Waals surface area contributed by atoms with Crippen LogP contribution in [0.1, 0.15) is 30.4 Å². The first-order chi connectivity index (χ1) is 10.2. The number of amides is 1. The smallest absolute Gasteiger partial charge is 0.223 e. The summed E-state index contributed by atoms with van der Waals surface area (Å²) in [4.78, 5) is 17.4. The van der Waals surface area contributed by atoms with Crippen LogP contribution in [0, 0.1) is 6.92 Å². The predicted octanol–water partition coefficient (Wildman–Crippen LogP) is 2.39. The molecule has 1 unspecified atom stereocenters. The van der Waals surface area contributed by atoms with Crippen molar-refractivity contribution >= 4 is 16.8 Å². The van der Waals surface area contributed by atoms with Gasteiger partial charge in [0.1, 0.15) is 0 Å². The maximum Gasteiger partial charge on any atom is 0.223 e. The number of benzene rings is 1. The number of carbonyl (C=O) groups is 1. The van der Waals surface area contributed by atoms with E-state index in [2.05, 4.69) is 30.1 Å². The lowest BCUT2D eigenvalue weighted by atomic mass is 10.1. The van der Waals surface area contributed by atoms with Crippen LogP contribution in [0.5, 0.6) is 0 Å². The summed E-state index contributed by atoms with van der Waals surface area (Å²) < 4.78 is 0. The Morgan fingerprint density at radius 1 is 1.48 bits per heavy atom. The van der Waals surface area contributed by atoms with Gasteiger partial charge in [-0.15, -0.1) is 0 Å². The molecule has 0 radical (unpaired) electrons. The number of aryl methyl sites for hydroxylation is 2. The Bertz CT molecular complexity index is 647. The Balaban J connectivity index is 1.69. The fraction of sp³-hybridized carbons (Fsp3) is 0.471. The summed E-state index contributed by atoms with van der Waals surface area (Å²) in [6, 6.07) is 6.36. The molecule has 1 atom stereocenters. The van der Waals surface area contributed by atoms with Crippen LogP contribution in [0.3, 0.4) is 0 Å². The lowest BCUT2D eigenvalue weighted by Crippen LogP contribution is -2.37. The quantitative estimate of drug-likeness (QED) is 0.906. The van der Waals surface area contributed by atoms with E-state index in [4.69, 9.17) is 0 Å². The zero-order valence-electron chi connectivity index (χ0n) is 12.4. The first-order valence-corrected chi connectivity index (χ1v) is 7.66. The molecule has 21 heavy (non-hydrogen) atoms. The molecular formula is C17H22N2O2. The molecule has 1 aliphatic rings. The maximum atomic E-state index is 12.3. The fourth-order valence-electron chi connectivity index (χ4n) is 3.24. The number of nitrogens with one attached hydrogen (secondary N) is 1. The molecule has 4 heteroatoms. The fourth-order valence-corrected chi connectivity index (χ4v) is 3.24. The number of aliphatic hydroxyl groups is 1. The van der Waals surface area contributed by atoms with Crippen LogP contribution in [-0.4, -0.2) is 40.1 Å². The number of aromatic nitrogens is 1. The van der Waals surface area contributed by atoms with Crippen LogP contribution in [-0.2, 0) is 11.2 Å². The molecule has 1 amide bonds. The molecule has 1 aliphatic heterocycles. The first kappa shape index (κ1) is 14.1. The molecule has 0 saturated carbocycles. The van der Waals surface area contributed by atoms with Gasteiger partial charge in [0.15, 0.2) is 0 Å². The van der Waals surface area contributed by atoms with Gasteiger partial charge in [-0.3, -0.25) is 4.79 Å². The minimum Gasteiger partial charge on any atom is -0.394 e. The minimum atomic E-state index is 0.0303. The molecular weight excluding hydrogens is 264 g/mol. The van der Waals surface area contributed by atoms with E-state index in [-0.39, 0.29) is 18.6 Å². The third-order valence-electron chi connectivity index (χ3n) is 4.44. The molecule has 1 fully saturated rings. The van der Waals surface area contributed by atoms with Crippen LogP contribution in [0.15, 0.2) is 24.4 Å². The summed E-state index contributed by atoms with van der Waals surface area (Å²) in [7, 11) is 0. The molecule has 1 aromatic carbocycles. The second kappa shape index (κ2) is 5.90. The van der Waals surface area contributed by atoms with Gasteiger partial charge in [0.25, 0.3) is 0 Å². The van der Waals surface area contributed by atoms with Crippen LogP contribution in [0.4, 0.5) is 0 Å². The van der Waals surface area contributed by atoms with E-state index in [1.165, 1.54) is 16.5 Å². The van der Waals surface area contributed by atoms with Crippen molar-refractivity contribution in [3.05, 3.63) is 35.5 Å². The Hall–Kier alpha value is -1.81. The molecule has 0 bridgehead atoms. The van der Waals surface area contributed by atoms with Gasteiger partial charge < -0.3 is 15.0 Å². The molecule has 2 heterocycles. The van der Waals surface area contributed by atoms with Crippen molar-refractivity contribution in [2.45, 2.75) is 38.6 Å². The molecule has 1 saturated heterocycles. The number of carbonyl (C=O) groups excluding carboxylic acids is 1. The summed E-state index contributed by atoms with van der Waals surface area (Å²) in [5, 5.41) is 10.5. The van der Waals surface area contributed by atoms with Crippen molar-refractivity contribution in [1.82, 2.24) is 9.88 Å².